The second kappa shape index (κ2) is 8.36. The Labute approximate surface area is 144 Å². The fourth-order valence-corrected chi connectivity index (χ4v) is 2.05. The molecule has 0 spiro atoms. The zero-order valence-corrected chi connectivity index (χ0v) is 13.6. The molecule has 2 aromatic carbocycles. The van der Waals surface area contributed by atoms with E-state index in [2.05, 4.69) is 10.6 Å². The highest BCUT2D eigenvalue weighted by molar-refractivity contribution is 6.42. The molecule has 0 aliphatic rings. The van der Waals surface area contributed by atoms with E-state index >= 15 is 0 Å². The molecule has 0 aromatic heterocycles. The summed E-state index contributed by atoms with van der Waals surface area (Å²) in [5.74, 6) is -0.781. The first-order chi connectivity index (χ1) is 11.0. The predicted octanol–water partition coefficient (Wildman–Crippen LogP) is 3.80. The molecule has 2 aromatic rings. The van der Waals surface area contributed by atoms with Crippen molar-refractivity contribution in [3.05, 3.63) is 76.3 Å². The van der Waals surface area contributed by atoms with Gasteiger partial charge in [-0.1, -0.05) is 53.5 Å². The van der Waals surface area contributed by atoms with Crippen LogP contribution in [0.4, 0.5) is 5.69 Å². The SMILES string of the molecule is O=C(/C=C\C(=O)Nc1ccc(Cl)c(Cl)c1)NCc1ccccc1. The number of rotatable bonds is 5. The van der Waals surface area contributed by atoms with Gasteiger partial charge in [0.05, 0.1) is 10.0 Å². The molecule has 0 saturated heterocycles. The van der Waals surface area contributed by atoms with E-state index in [9.17, 15) is 9.59 Å². The van der Waals surface area contributed by atoms with Crippen molar-refractivity contribution in [3.8, 4) is 0 Å². The molecular weight excluding hydrogens is 335 g/mol. The third-order valence-corrected chi connectivity index (χ3v) is 3.62. The van der Waals surface area contributed by atoms with Gasteiger partial charge in [-0.05, 0) is 23.8 Å². The Balaban J connectivity index is 1.82. The molecular formula is C17H14Cl2N2O2. The molecule has 0 aliphatic heterocycles. The van der Waals surface area contributed by atoms with Gasteiger partial charge >= 0.3 is 0 Å². The Bertz CT molecular complexity index is 731. The normalized spacial score (nSPS) is 10.5. The van der Waals surface area contributed by atoms with Gasteiger partial charge in [0.15, 0.2) is 0 Å². The summed E-state index contributed by atoms with van der Waals surface area (Å²) in [6.07, 6.45) is 2.33. The number of carbonyl (C=O) groups is 2. The summed E-state index contributed by atoms with van der Waals surface area (Å²) in [6.45, 7) is 0.401. The fraction of sp³-hybridized carbons (Fsp3) is 0.0588. The lowest BCUT2D eigenvalue weighted by Gasteiger charge is -2.04. The molecule has 2 N–H and O–H groups in total. The largest absolute Gasteiger partial charge is 0.348 e. The number of benzene rings is 2. The van der Waals surface area contributed by atoms with Crippen LogP contribution >= 0.6 is 23.2 Å². The standard InChI is InChI=1S/C17H14Cl2N2O2/c18-14-7-6-13(10-15(14)19)21-17(23)9-8-16(22)20-11-12-4-2-1-3-5-12/h1-10H,11H2,(H,20,22)(H,21,23)/b9-8-. The Morgan fingerprint density at radius 3 is 2.30 bits per heavy atom. The van der Waals surface area contributed by atoms with Crippen molar-refractivity contribution in [2.24, 2.45) is 0 Å². The van der Waals surface area contributed by atoms with Crippen molar-refractivity contribution in [2.75, 3.05) is 5.32 Å². The highest BCUT2D eigenvalue weighted by Gasteiger charge is 2.03. The van der Waals surface area contributed by atoms with Crippen molar-refractivity contribution in [1.29, 1.82) is 0 Å². The molecule has 2 amide bonds. The number of amides is 2. The van der Waals surface area contributed by atoms with Gasteiger partial charge in [-0.3, -0.25) is 9.59 Å². The number of halogens is 2. The Morgan fingerprint density at radius 1 is 0.913 bits per heavy atom. The Hall–Kier alpha value is -2.30. The third kappa shape index (κ3) is 5.77. The summed E-state index contributed by atoms with van der Waals surface area (Å²) >= 11 is 11.7. The van der Waals surface area contributed by atoms with E-state index in [0.717, 1.165) is 11.6 Å². The van der Waals surface area contributed by atoms with Crippen LogP contribution < -0.4 is 10.6 Å². The van der Waals surface area contributed by atoms with E-state index in [1.165, 1.54) is 12.1 Å². The average Bonchev–Trinajstić information content (AvgIpc) is 2.55. The summed E-state index contributed by atoms with van der Waals surface area (Å²) in [6, 6.07) is 14.2. The number of carbonyl (C=O) groups excluding carboxylic acids is 2. The van der Waals surface area contributed by atoms with Gasteiger partial charge in [-0.25, -0.2) is 0 Å². The van der Waals surface area contributed by atoms with Gasteiger partial charge in [0, 0.05) is 24.4 Å². The molecule has 0 saturated carbocycles. The molecule has 0 radical (unpaired) electrons. The van der Waals surface area contributed by atoms with Crippen LogP contribution in [0.1, 0.15) is 5.56 Å². The second-order valence-corrected chi connectivity index (χ2v) is 5.47. The number of nitrogens with one attached hydrogen (secondary N) is 2. The zero-order valence-electron chi connectivity index (χ0n) is 12.1. The van der Waals surface area contributed by atoms with Gasteiger partial charge in [0.1, 0.15) is 0 Å². The molecule has 0 heterocycles. The summed E-state index contributed by atoms with van der Waals surface area (Å²) in [5.41, 5.74) is 1.48. The number of hydrogen-bond acceptors (Lipinski definition) is 2. The summed E-state index contributed by atoms with van der Waals surface area (Å²) in [4.78, 5) is 23.4. The monoisotopic (exact) mass is 348 g/mol. The Morgan fingerprint density at radius 2 is 1.61 bits per heavy atom. The first-order valence-electron chi connectivity index (χ1n) is 6.80. The van der Waals surface area contributed by atoms with Crippen LogP contribution in [0.25, 0.3) is 0 Å². The second-order valence-electron chi connectivity index (χ2n) is 4.65. The highest BCUT2D eigenvalue weighted by Crippen LogP contribution is 2.24. The molecule has 0 fully saturated rings. The molecule has 0 aliphatic carbocycles. The van der Waals surface area contributed by atoms with E-state index in [-0.39, 0.29) is 5.91 Å². The average molecular weight is 349 g/mol. The molecule has 6 heteroatoms. The van der Waals surface area contributed by atoms with Crippen LogP contribution in [0.3, 0.4) is 0 Å². The van der Waals surface area contributed by atoms with E-state index < -0.39 is 5.91 Å². The minimum Gasteiger partial charge on any atom is -0.348 e. The lowest BCUT2D eigenvalue weighted by atomic mass is 10.2. The van der Waals surface area contributed by atoms with Gasteiger partial charge in [-0.15, -0.1) is 0 Å². The first kappa shape index (κ1) is 17.1. The van der Waals surface area contributed by atoms with Gasteiger partial charge in [0.2, 0.25) is 11.8 Å². The lowest BCUT2D eigenvalue weighted by Crippen LogP contribution is -2.21. The molecule has 0 bridgehead atoms. The Kier molecular flexibility index (Phi) is 6.20. The predicted molar refractivity (Wildman–Crippen MR) is 92.5 cm³/mol. The maximum atomic E-state index is 11.7. The van der Waals surface area contributed by atoms with Gasteiger partial charge in [-0.2, -0.15) is 0 Å². The third-order valence-electron chi connectivity index (χ3n) is 2.88. The lowest BCUT2D eigenvalue weighted by molar-refractivity contribution is -0.117. The summed E-state index contributed by atoms with van der Waals surface area (Å²) in [5, 5.41) is 6.03. The molecule has 0 atom stereocenters. The maximum absolute atomic E-state index is 11.7. The topological polar surface area (TPSA) is 58.2 Å². The van der Waals surface area contributed by atoms with Gasteiger partial charge in [0.25, 0.3) is 0 Å². The van der Waals surface area contributed by atoms with Crippen LogP contribution in [0, 0.1) is 0 Å². The minimum absolute atomic E-state index is 0.342. The molecule has 0 unspecified atom stereocenters. The number of hydrogen-bond donors (Lipinski definition) is 2. The van der Waals surface area contributed by atoms with Gasteiger partial charge < -0.3 is 10.6 Å². The van der Waals surface area contributed by atoms with E-state index in [1.54, 1.807) is 12.1 Å². The smallest absolute Gasteiger partial charge is 0.248 e. The molecule has 118 valence electrons. The highest BCUT2D eigenvalue weighted by atomic mass is 35.5. The fourth-order valence-electron chi connectivity index (χ4n) is 1.75. The summed E-state index contributed by atoms with van der Waals surface area (Å²) in [7, 11) is 0. The van der Waals surface area contributed by atoms with Crippen LogP contribution in [0.15, 0.2) is 60.7 Å². The minimum atomic E-state index is -0.432. The van der Waals surface area contributed by atoms with Crippen LogP contribution in [0.5, 0.6) is 0 Å². The van der Waals surface area contributed by atoms with Crippen molar-refractivity contribution in [1.82, 2.24) is 5.32 Å². The zero-order chi connectivity index (χ0) is 16.7. The van der Waals surface area contributed by atoms with Crippen molar-refractivity contribution >= 4 is 40.7 Å². The van der Waals surface area contributed by atoms with Crippen molar-refractivity contribution in [2.45, 2.75) is 6.54 Å². The number of anilines is 1. The van der Waals surface area contributed by atoms with Crippen LogP contribution in [-0.2, 0) is 16.1 Å². The quantitative estimate of drug-likeness (QED) is 0.807. The van der Waals surface area contributed by atoms with Crippen molar-refractivity contribution < 1.29 is 9.59 Å². The molecule has 23 heavy (non-hydrogen) atoms. The van der Waals surface area contributed by atoms with Crippen LogP contribution in [-0.4, -0.2) is 11.8 Å². The summed E-state index contributed by atoms with van der Waals surface area (Å²) < 4.78 is 0. The van der Waals surface area contributed by atoms with E-state index in [4.69, 9.17) is 23.2 Å². The first-order valence-corrected chi connectivity index (χ1v) is 7.56. The molecule has 2 rings (SSSR count). The van der Waals surface area contributed by atoms with E-state index in [1.807, 2.05) is 30.3 Å². The molecule has 4 nitrogen and oxygen atoms in total. The van der Waals surface area contributed by atoms with Crippen molar-refractivity contribution in [3.63, 3.8) is 0 Å². The van der Waals surface area contributed by atoms with E-state index in [0.29, 0.717) is 22.3 Å². The van der Waals surface area contributed by atoms with Crippen LogP contribution in [0.2, 0.25) is 10.0 Å². The maximum Gasteiger partial charge on any atom is 0.248 e.